The Morgan fingerprint density at radius 1 is 0.253 bits per heavy atom. The average molecular weight is 1170 g/mol. The molecule has 0 aliphatic heterocycles. The van der Waals surface area contributed by atoms with Crippen molar-refractivity contribution in [2.24, 2.45) is 10.8 Å². The molecule has 0 atom stereocenters. The summed E-state index contributed by atoms with van der Waals surface area (Å²) >= 11 is 0. The fourth-order valence-corrected chi connectivity index (χ4v) is 7.13. The van der Waals surface area contributed by atoms with Gasteiger partial charge in [-0.1, -0.05) is 0 Å². The van der Waals surface area contributed by atoms with Crippen LogP contribution in [0.1, 0.15) is 62.1 Å². The van der Waals surface area contributed by atoms with Crippen LogP contribution in [0.15, 0.2) is 72.8 Å². The zero-order chi connectivity index (χ0) is 61.4. The highest BCUT2D eigenvalue weighted by Gasteiger charge is 2.42. The highest BCUT2D eigenvalue weighted by Crippen LogP contribution is 2.42. The van der Waals surface area contributed by atoms with Crippen molar-refractivity contribution in [3.8, 4) is 103 Å². The monoisotopic (exact) mass is 1170 g/mol. The molecular weight excluding hydrogens is 1120 g/mol. The molecule has 0 aliphatic carbocycles. The number of hydrogen-bond donors (Lipinski definition) is 18. The normalized spacial score (nSPS) is 11.3. The summed E-state index contributed by atoms with van der Waals surface area (Å²) in [4.78, 5) is 81.8. The minimum Gasteiger partial charge on any atom is -0.504 e. The van der Waals surface area contributed by atoms with Crippen molar-refractivity contribution in [1.29, 1.82) is 0 Å². The predicted octanol–water partition coefficient (Wildman–Crippen LogP) is 2.82. The number of hydrogen-bond acceptors (Lipinski definition) is 31. The standard InChI is InChI=1S/C52H46O31/c53-27-2-1-26(38(64)44(27)70)50(76)83-20-52(18-81-48(74)24-9-34(60)42(68)35(61)10-24,19-82-49(75)25-11-36(62)43(69)37(63)12-25)14-77-13-51(15-78-45(71)21-3-28(54)39(65)29(55)4-21,16-79-46(72)22-5-30(56)40(66)31(57)6-22)17-80-47(73)23-7-32(58)41(67)33(59)8-23/h1-12,53-70H,13-20H2. The van der Waals surface area contributed by atoms with E-state index in [1.807, 2.05) is 0 Å². The summed E-state index contributed by atoms with van der Waals surface area (Å²) in [6, 6.07) is 7.64. The van der Waals surface area contributed by atoms with Crippen molar-refractivity contribution in [1.82, 2.24) is 0 Å². The number of phenols is 18. The van der Waals surface area contributed by atoms with Crippen molar-refractivity contribution >= 4 is 35.8 Å². The Bertz CT molecular complexity index is 3170. The third-order valence-corrected chi connectivity index (χ3v) is 11.7. The molecule has 0 unspecified atom stereocenters. The van der Waals surface area contributed by atoms with Gasteiger partial charge in [-0.15, -0.1) is 0 Å². The minimum atomic E-state index is -2.43. The number of benzene rings is 6. The molecule has 0 saturated heterocycles. The molecule has 0 heterocycles. The number of esters is 6. The molecular formula is C52H46O31. The van der Waals surface area contributed by atoms with Crippen molar-refractivity contribution in [3.63, 3.8) is 0 Å². The van der Waals surface area contributed by atoms with E-state index in [1.165, 1.54) is 0 Å². The Morgan fingerprint density at radius 3 is 0.675 bits per heavy atom. The molecule has 440 valence electrons. The molecule has 6 aromatic rings. The topological polar surface area (TPSA) is 531 Å². The van der Waals surface area contributed by atoms with Gasteiger partial charge in [0.25, 0.3) is 0 Å². The quantitative estimate of drug-likeness (QED) is 0.0264. The second kappa shape index (κ2) is 24.7. The minimum absolute atomic E-state index is 0.611. The maximum absolute atomic E-state index is 13.7. The first-order chi connectivity index (χ1) is 38.9. The maximum Gasteiger partial charge on any atom is 0.342 e. The van der Waals surface area contributed by atoms with Crippen LogP contribution in [0.25, 0.3) is 0 Å². The van der Waals surface area contributed by atoms with E-state index in [1.54, 1.807) is 0 Å². The summed E-state index contributed by atoms with van der Waals surface area (Å²) in [5.41, 5.74) is -9.13. The molecule has 31 nitrogen and oxygen atoms in total. The summed E-state index contributed by atoms with van der Waals surface area (Å²) < 4.78 is 38.8. The highest BCUT2D eigenvalue weighted by atomic mass is 16.6. The van der Waals surface area contributed by atoms with Gasteiger partial charge < -0.3 is 125 Å². The van der Waals surface area contributed by atoms with Crippen LogP contribution in [0.5, 0.6) is 103 Å². The maximum atomic E-state index is 13.7. The van der Waals surface area contributed by atoms with Crippen molar-refractivity contribution < 1.29 is 154 Å². The first-order valence-corrected chi connectivity index (χ1v) is 23.0. The Balaban J connectivity index is 1.47. The second-order valence-electron chi connectivity index (χ2n) is 18.1. The van der Waals surface area contributed by atoms with Gasteiger partial charge in [-0.05, 0) is 72.8 Å². The smallest absolute Gasteiger partial charge is 0.342 e. The lowest BCUT2D eigenvalue weighted by Gasteiger charge is -2.35. The molecule has 0 radical (unpaired) electrons. The second-order valence-corrected chi connectivity index (χ2v) is 18.1. The lowest BCUT2D eigenvalue weighted by Crippen LogP contribution is -2.47. The number of carbonyl (C=O) groups is 6. The largest absolute Gasteiger partial charge is 0.504 e. The van der Waals surface area contributed by atoms with Crippen molar-refractivity contribution in [2.75, 3.05) is 52.9 Å². The van der Waals surface area contributed by atoms with E-state index in [-0.39, 0.29) is 0 Å². The molecule has 83 heavy (non-hydrogen) atoms. The van der Waals surface area contributed by atoms with E-state index in [0.29, 0.717) is 60.7 Å². The van der Waals surface area contributed by atoms with Gasteiger partial charge in [0.05, 0.1) is 51.9 Å². The van der Waals surface area contributed by atoms with Gasteiger partial charge >= 0.3 is 35.8 Å². The third kappa shape index (κ3) is 14.0. The Hall–Kier alpha value is -11.5. The lowest BCUT2D eigenvalue weighted by molar-refractivity contribution is -0.112. The zero-order valence-corrected chi connectivity index (χ0v) is 41.9. The average Bonchev–Trinajstić information content (AvgIpc) is 3.65. The van der Waals surface area contributed by atoms with E-state index in [2.05, 4.69) is 0 Å². The first-order valence-electron chi connectivity index (χ1n) is 23.0. The zero-order valence-electron chi connectivity index (χ0n) is 41.9. The van der Waals surface area contributed by atoms with Gasteiger partial charge in [-0.25, -0.2) is 28.8 Å². The number of phenolic OH excluding ortho intramolecular Hbond substituents is 18. The summed E-state index contributed by atoms with van der Waals surface area (Å²) in [7, 11) is 0. The molecule has 0 saturated carbocycles. The van der Waals surface area contributed by atoms with Crippen LogP contribution >= 0.6 is 0 Å². The highest BCUT2D eigenvalue weighted by molar-refractivity contribution is 5.95. The van der Waals surface area contributed by atoms with Crippen molar-refractivity contribution in [3.05, 3.63) is 106 Å². The van der Waals surface area contributed by atoms with E-state index >= 15 is 0 Å². The fraction of sp³-hybridized carbons (Fsp3) is 0.192. The van der Waals surface area contributed by atoms with Crippen LogP contribution in [0.2, 0.25) is 0 Å². The van der Waals surface area contributed by atoms with Crippen LogP contribution in [-0.4, -0.2) is 181 Å². The van der Waals surface area contributed by atoms with Crippen LogP contribution in [0.3, 0.4) is 0 Å². The molecule has 6 rings (SSSR count). The predicted molar refractivity (Wildman–Crippen MR) is 266 cm³/mol. The number of ether oxygens (including phenoxy) is 7. The van der Waals surface area contributed by atoms with Gasteiger partial charge in [0, 0.05) is 0 Å². The van der Waals surface area contributed by atoms with E-state index < -0.39 is 236 Å². The summed E-state index contributed by atoms with van der Waals surface area (Å²) in [5.74, 6) is -28.2. The molecule has 0 aromatic heterocycles. The fourth-order valence-electron chi connectivity index (χ4n) is 7.13. The Morgan fingerprint density at radius 2 is 0.458 bits per heavy atom. The molecule has 18 N–H and O–H groups in total. The molecule has 0 aliphatic rings. The van der Waals surface area contributed by atoms with E-state index in [4.69, 9.17) is 33.2 Å². The SMILES string of the molecule is O=C(OCC(COCC(COC(=O)c1cc(O)c(O)c(O)c1)(COC(=O)c1cc(O)c(O)c(O)c1)COC(=O)c1ccc(O)c(O)c1O)(COC(=O)c1cc(O)c(O)c(O)c1)COC(=O)c1cc(O)c(O)c(O)c1)c1cc(O)c(O)c(O)c1. The third-order valence-electron chi connectivity index (χ3n) is 11.7. The number of rotatable bonds is 22. The van der Waals surface area contributed by atoms with Crippen LogP contribution in [0, 0.1) is 10.8 Å². The summed E-state index contributed by atoms with van der Waals surface area (Å²) in [6.07, 6.45) is 0. The molecule has 6 aromatic carbocycles. The van der Waals surface area contributed by atoms with Gasteiger partial charge in [0.1, 0.15) is 45.2 Å². The Kier molecular flexibility index (Phi) is 18.0. The molecule has 0 amide bonds. The molecule has 0 spiro atoms. The first kappa shape index (κ1) is 60.7. The van der Waals surface area contributed by atoms with E-state index in [0.717, 1.165) is 12.1 Å². The Labute approximate surface area is 462 Å². The van der Waals surface area contributed by atoms with Gasteiger partial charge in [-0.3, -0.25) is 0 Å². The van der Waals surface area contributed by atoms with Crippen LogP contribution in [-0.2, 0) is 33.2 Å². The molecule has 0 bridgehead atoms. The lowest BCUT2D eigenvalue weighted by atomic mass is 9.90. The van der Waals surface area contributed by atoms with Gasteiger partial charge in [-0.2, -0.15) is 0 Å². The van der Waals surface area contributed by atoms with Crippen LogP contribution in [0.4, 0.5) is 0 Å². The molecule has 0 fully saturated rings. The summed E-state index contributed by atoms with van der Waals surface area (Å²) in [5, 5.41) is 182. The van der Waals surface area contributed by atoms with Gasteiger partial charge in [0.15, 0.2) is 97.7 Å². The van der Waals surface area contributed by atoms with E-state index in [9.17, 15) is 121 Å². The molecule has 31 heteroatoms. The summed E-state index contributed by atoms with van der Waals surface area (Å²) in [6.45, 7) is -9.67. The number of carbonyl (C=O) groups excluding carboxylic acids is 6. The number of aromatic hydroxyl groups is 18. The van der Waals surface area contributed by atoms with Crippen molar-refractivity contribution in [2.45, 2.75) is 0 Å². The van der Waals surface area contributed by atoms with Crippen LogP contribution < -0.4 is 0 Å². The van der Waals surface area contributed by atoms with Gasteiger partial charge in [0.2, 0.25) is 5.75 Å².